The molecule has 0 aliphatic carbocycles. The molecule has 3 heteroatoms. The normalized spacial score (nSPS) is 10.4. The van der Waals surface area contributed by atoms with Crippen LogP contribution in [0.3, 0.4) is 0 Å². The van der Waals surface area contributed by atoms with E-state index in [4.69, 9.17) is 11.6 Å². The first-order chi connectivity index (χ1) is 6.84. The highest BCUT2D eigenvalue weighted by Gasteiger charge is 1.96. The van der Waals surface area contributed by atoms with Gasteiger partial charge in [-0.15, -0.1) is 0 Å². The largest absolute Gasteiger partial charge is 0.313 e. The first-order valence-electron chi connectivity index (χ1n) is 4.77. The fourth-order valence-corrected chi connectivity index (χ4v) is 1.84. The van der Waals surface area contributed by atoms with Gasteiger partial charge in [0.1, 0.15) is 0 Å². The molecule has 1 nitrogen and oxygen atoms in total. The molecular formula is C11H16ClNS. The minimum Gasteiger partial charge on any atom is -0.313 e. The zero-order valence-corrected chi connectivity index (χ0v) is 10.00. The van der Waals surface area contributed by atoms with Crippen LogP contribution in [0, 0.1) is 0 Å². The molecule has 0 radical (unpaired) electrons. The van der Waals surface area contributed by atoms with Gasteiger partial charge in [0.2, 0.25) is 0 Å². The monoisotopic (exact) mass is 229 g/mol. The Balaban J connectivity index is 2.21. The molecule has 0 heterocycles. The standard InChI is InChI=1S/C11H16ClNS/c1-14-8-4-7-13-9-10-5-2-3-6-11(10)12/h2-3,5-6,13H,4,7-9H2,1H3. The predicted molar refractivity (Wildman–Crippen MR) is 66.2 cm³/mol. The minimum absolute atomic E-state index is 0.852. The van der Waals surface area contributed by atoms with Crippen molar-refractivity contribution in [1.29, 1.82) is 0 Å². The van der Waals surface area contributed by atoms with E-state index in [1.165, 1.54) is 17.7 Å². The van der Waals surface area contributed by atoms with Crippen molar-refractivity contribution in [3.63, 3.8) is 0 Å². The smallest absolute Gasteiger partial charge is 0.0450 e. The number of thioether (sulfide) groups is 1. The predicted octanol–water partition coefficient (Wildman–Crippen LogP) is 3.18. The summed E-state index contributed by atoms with van der Waals surface area (Å²) in [6.45, 7) is 1.93. The third kappa shape index (κ3) is 4.36. The van der Waals surface area contributed by atoms with Crippen molar-refractivity contribution >= 4 is 23.4 Å². The maximum Gasteiger partial charge on any atom is 0.0450 e. The molecule has 1 rings (SSSR count). The van der Waals surface area contributed by atoms with Crippen LogP contribution in [-0.2, 0) is 6.54 Å². The van der Waals surface area contributed by atoms with Crippen LogP contribution in [0.1, 0.15) is 12.0 Å². The number of halogens is 1. The summed E-state index contributed by atoms with van der Waals surface area (Å²) in [7, 11) is 0. The van der Waals surface area contributed by atoms with Gasteiger partial charge in [0.15, 0.2) is 0 Å². The lowest BCUT2D eigenvalue weighted by Gasteiger charge is -2.05. The third-order valence-corrected chi connectivity index (χ3v) is 3.04. The van der Waals surface area contributed by atoms with Crippen LogP contribution in [0.5, 0.6) is 0 Å². The van der Waals surface area contributed by atoms with E-state index in [2.05, 4.69) is 17.6 Å². The lowest BCUT2D eigenvalue weighted by Crippen LogP contribution is -2.15. The summed E-state index contributed by atoms with van der Waals surface area (Å²) in [6, 6.07) is 7.97. The molecule has 0 atom stereocenters. The van der Waals surface area contributed by atoms with Gasteiger partial charge in [-0.2, -0.15) is 11.8 Å². The second-order valence-electron chi connectivity index (χ2n) is 3.11. The summed E-state index contributed by atoms with van der Waals surface area (Å²) < 4.78 is 0. The Kier molecular flexibility index (Phi) is 6.08. The number of hydrogen-bond donors (Lipinski definition) is 1. The van der Waals surface area contributed by atoms with Gasteiger partial charge < -0.3 is 5.32 Å². The lowest BCUT2D eigenvalue weighted by molar-refractivity contribution is 0.679. The van der Waals surface area contributed by atoms with Crippen LogP contribution in [0.25, 0.3) is 0 Å². The summed E-state index contributed by atoms with van der Waals surface area (Å²) >= 11 is 7.91. The molecule has 0 unspecified atom stereocenters. The van der Waals surface area contributed by atoms with Gasteiger partial charge in [-0.25, -0.2) is 0 Å². The average Bonchev–Trinajstić information content (AvgIpc) is 2.20. The summed E-state index contributed by atoms with van der Waals surface area (Å²) in [4.78, 5) is 0. The van der Waals surface area contributed by atoms with Crippen LogP contribution in [0.2, 0.25) is 5.02 Å². The Morgan fingerprint density at radius 3 is 2.86 bits per heavy atom. The summed E-state index contributed by atoms with van der Waals surface area (Å²) in [5, 5.41) is 4.23. The first kappa shape index (κ1) is 11.9. The Labute approximate surface area is 95.2 Å². The van der Waals surface area contributed by atoms with Crippen molar-refractivity contribution in [2.75, 3.05) is 18.6 Å². The molecule has 1 aromatic rings. The van der Waals surface area contributed by atoms with Crippen LogP contribution >= 0.6 is 23.4 Å². The van der Waals surface area contributed by atoms with Gasteiger partial charge in [0, 0.05) is 11.6 Å². The van der Waals surface area contributed by atoms with Crippen molar-refractivity contribution in [2.24, 2.45) is 0 Å². The topological polar surface area (TPSA) is 12.0 Å². The number of rotatable bonds is 6. The van der Waals surface area contributed by atoms with Gasteiger partial charge in [-0.3, -0.25) is 0 Å². The van der Waals surface area contributed by atoms with Crippen LogP contribution < -0.4 is 5.32 Å². The fourth-order valence-electron chi connectivity index (χ4n) is 1.21. The number of nitrogens with one attached hydrogen (secondary N) is 1. The molecule has 14 heavy (non-hydrogen) atoms. The second kappa shape index (κ2) is 7.16. The molecule has 0 aliphatic rings. The third-order valence-electron chi connectivity index (χ3n) is 1.98. The highest BCUT2D eigenvalue weighted by Crippen LogP contribution is 2.14. The quantitative estimate of drug-likeness (QED) is 0.752. The zero-order valence-electron chi connectivity index (χ0n) is 8.42. The summed E-state index contributed by atoms with van der Waals surface area (Å²) in [5.74, 6) is 1.22. The molecular weight excluding hydrogens is 214 g/mol. The Morgan fingerprint density at radius 1 is 1.36 bits per heavy atom. The number of benzene rings is 1. The van der Waals surface area contributed by atoms with Crippen LogP contribution in [0.15, 0.2) is 24.3 Å². The average molecular weight is 230 g/mol. The van der Waals surface area contributed by atoms with E-state index in [0.29, 0.717) is 0 Å². The fraction of sp³-hybridized carbons (Fsp3) is 0.455. The molecule has 0 spiro atoms. The van der Waals surface area contributed by atoms with Crippen molar-refractivity contribution in [2.45, 2.75) is 13.0 Å². The molecule has 1 N–H and O–H groups in total. The molecule has 0 aromatic heterocycles. The molecule has 1 aromatic carbocycles. The van der Waals surface area contributed by atoms with Crippen LogP contribution in [-0.4, -0.2) is 18.6 Å². The maximum absolute atomic E-state index is 6.02. The van der Waals surface area contributed by atoms with E-state index >= 15 is 0 Å². The van der Waals surface area contributed by atoms with Crippen molar-refractivity contribution in [1.82, 2.24) is 5.32 Å². The van der Waals surface area contributed by atoms with Gasteiger partial charge >= 0.3 is 0 Å². The van der Waals surface area contributed by atoms with Gasteiger partial charge in [-0.05, 0) is 36.6 Å². The molecule has 0 saturated carbocycles. The van der Waals surface area contributed by atoms with E-state index in [0.717, 1.165) is 18.1 Å². The number of hydrogen-bond acceptors (Lipinski definition) is 2. The SMILES string of the molecule is CSCCCNCc1ccccc1Cl. The summed E-state index contributed by atoms with van der Waals surface area (Å²) in [5.41, 5.74) is 1.18. The zero-order chi connectivity index (χ0) is 10.2. The highest BCUT2D eigenvalue weighted by atomic mass is 35.5. The van der Waals surface area contributed by atoms with Crippen LogP contribution in [0.4, 0.5) is 0 Å². The second-order valence-corrected chi connectivity index (χ2v) is 4.51. The van der Waals surface area contributed by atoms with E-state index < -0.39 is 0 Å². The van der Waals surface area contributed by atoms with Crippen molar-refractivity contribution in [3.05, 3.63) is 34.9 Å². The Bertz CT molecular complexity index is 265. The van der Waals surface area contributed by atoms with E-state index in [9.17, 15) is 0 Å². The van der Waals surface area contributed by atoms with E-state index in [1.807, 2.05) is 30.0 Å². The Hall–Kier alpha value is -0.180. The highest BCUT2D eigenvalue weighted by molar-refractivity contribution is 7.98. The van der Waals surface area contributed by atoms with E-state index in [-0.39, 0.29) is 0 Å². The molecule has 0 bridgehead atoms. The van der Waals surface area contributed by atoms with Gasteiger partial charge in [0.05, 0.1) is 0 Å². The molecule has 0 fully saturated rings. The molecule has 0 amide bonds. The molecule has 0 aliphatic heterocycles. The van der Waals surface area contributed by atoms with Gasteiger partial charge in [-0.1, -0.05) is 29.8 Å². The maximum atomic E-state index is 6.02. The summed E-state index contributed by atoms with van der Waals surface area (Å²) in [6.07, 6.45) is 3.35. The Morgan fingerprint density at radius 2 is 2.14 bits per heavy atom. The van der Waals surface area contributed by atoms with Gasteiger partial charge in [0.25, 0.3) is 0 Å². The van der Waals surface area contributed by atoms with E-state index in [1.54, 1.807) is 0 Å². The van der Waals surface area contributed by atoms with Crippen molar-refractivity contribution in [3.8, 4) is 0 Å². The molecule has 78 valence electrons. The first-order valence-corrected chi connectivity index (χ1v) is 6.55. The lowest BCUT2D eigenvalue weighted by atomic mass is 10.2. The minimum atomic E-state index is 0.852. The molecule has 0 saturated heterocycles. The van der Waals surface area contributed by atoms with Crippen molar-refractivity contribution < 1.29 is 0 Å².